The number of anilines is 3. The molecule has 21 heavy (non-hydrogen) atoms. The monoisotopic (exact) mass is 286 g/mol. The van der Waals surface area contributed by atoms with E-state index >= 15 is 0 Å². The lowest BCUT2D eigenvalue weighted by atomic mass is 10.1. The molecule has 108 valence electrons. The van der Waals surface area contributed by atoms with E-state index in [2.05, 4.69) is 15.6 Å². The average molecular weight is 286 g/mol. The SMILES string of the molecule is COc1cc(F)c2c(c1)NC=NC2Nc1ccc(N)cc1. The first kappa shape index (κ1) is 13.2. The molecular weight excluding hydrogens is 271 g/mol. The van der Waals surface area contributed by atoms with Crippen molar-refractivity contribution < 1.29 is 9.13 Å². The van der Waals surface area contributed by atoms with E-state index in [9.17, 15) is 4.39 Å². The van der Waals surface area contributed by atoms with Crippen LogP contribution in [0.25, 0.3) is 0 Å². The fraction of sp³-hybridized carbons (Fsp3) is 0.133. The zero-order chi connectivity index (χ0) is 14.8. The van der Waals surface area contributed by atoms with Gasteiger partial charge < -0.3 is 21.1 Å². The summed E-state index contributed by atoms with van der Waals surface area (Å²) in [7, 11) is 1.50. The Labute approximate surface area is 121 Å². The molecule has 0 fully saturated rings. The molecule has 1 aliphatic rings. The number of aliphatic imine (C=N–C) groups is 1. The minimum Gasteiger partial charge on any atom is -0.497 e. The molecule has 4 N–H and O–H groups in total. The summed E-state index contributed by atoms with van der Waals surface area (Å²) in [5, 5.41) is 6.10. The van der Waals surface area contributed by atoms with Gasteiger partial charge in [-0.15, -0.1) is 0 Å². The van der Waals surface area contributed by atoms with E-state index in [-0.39, 0.29) is 5.82 Å². The molecule has 0 radical (unpaired) electrons. The maximum atomic E-state index is 14.3. The molecule has 2 aromatic carbocycles. The van der Waals surface area contributed by atoms with Gasteiger partial charge in [-0.2, -0.15) is 0 Å². The molecule has 0 spiro atoms. The summed E-state index contributed by atoms with van der Waals surface area (Å²) in [4.78, 5) is 4.25. The Kier molecular flexibility index (Phi) is 3.35. The second-order valence-electron chi connectivity index (χ2n) is 4.66. The van der Waals surface area contributed by atoms with E-state index in [0.29, 0.717) is 22.7 Å². The van der Waals surface area contributed by atoms with Gasteiger partial charge in [0.15, 0.2) is 6.17 Å². The number of ether oxygens (including phenoxy) is 1. The highest BCUT2D eigenvalue weighted by atomic mass is 19.1. The van der Waals surface area contributed by atoms with Crippen molar-refractivity contribution in [3.05, 3.63) is 47.8 Å². The maximum absolute atomic E-state index is 14.3. The third-order valence-corrected chi connectivity index (χ3v) is 3.27. The number of fused-ring (bicyclic) bond motifs is 1. The van der Waals surface area contributed by atoms with Crippen LogP contribution in [0.3, 0.4) is 0 Å². The first-order valence-electron chi connectivity index (χ1n) is 6.45. The van der Waals surface area contributed by atoms with Crippen LogP contribution >= 0.6 is 0 Å². The molecule has 0 saturated heterocycles. The predicted octanol–water partition coefficient (Wildman–Crippen LogP) is 2.98. The number of halogens is 1. The van der Waals surface area contributed by atoms with Crippen molar-refractivity contribution in [3.63, 3.8) is 0 Å². The van der Waals surface area contributed by atoms with E-state index in [4.69, 9.17) is 10.5 Å². The summed E-state index contributed by atoms with van der Waals surface area (Å²) in [6, 6.07) is 10.3. The van der Waals surface area contributed by atoms with Gasteiger partial charge in [-0.3, -0.25) is 0 Å². The van der Waals surface area contributed by atoms with Crippen molar-refractivity contribution in [2.75, 3.05) is 23.5 Å². The minimum atomic E-state index is -0.504. The molecule has 3 rings (SSSR count). The van der Waals surface area contributed by atoms with E-state index in [1.165, 1.54) is 19.5 Å². The number of methoxy groups -OCH3 is 1. The lowest BCUT2D eigenvalue weighted by molar-refractivity contribution is 0.410. The second kappa shape index (κ2) is 5.32. The highest BCUT2D eigenvalue weighted by Gasteiger charge is 2.22. The van der Waals surface area contributed by atoms with Crippen LogP contribution < -0.4 is 21.1 Å². The largest absolute Gasteiger partial charge is 0.497 e. The smallest absolute Gasteiger partial charge is 0.151 e. The number of nitrogens with zero attached hydrogens (tertiary/aromatic N) is 1. The molecule has 1 aliphatic heterocycles. The van der Waals surface area contributed by atoms with Crippen LogP contribution in [0.1, 0.15) is 11.7 Å². The fourth-order valence-electron chi connectivity index (χ4n) is 2.21. The number of rotatable bonds is 3. The first-order valence-corrected chi connectivity index (χ1v) is 6.45. The van der Waals surface area contributed by atoms with Crippen molar-refractivity contribution in [1.82, 2.24) is 0 Å². The van der Waals surface area contributed by atoms with Crippen molar-refractivity contribution in [2.45, 2.75) is 6.17 Å². The molecule has 1 unspecified atom stereocenters. The van der Waals surface area contributed by atoms with E-state index in [0.717, 1.165) is 5.69 Å². The van der Waals surface area contributed by atoms with Crippen LogP contribution in [0.2, 0.25) is 0 Å². The van der Waals surface area contributed by atoms with Crippen molar-refractivity contribution in [3.8, 4) is 5.75 Å². The third-order valence-electron chi connectivity index (χ3n) is 3.27. The van der Waals surface area contributed by atoms with Crippen LogP contribution in [0.4, 0.5) is 21.5 Å². The molecule has 0 bridgehead atoms. The van der Waals surface area contributed by atoms with Crippen molar-refractivity contribution >= 4 is 23.4 Å². The highest BCUT2D eigenvalue weighted by Crippen LogP contribution is 2.35. The zero-order valence-electron chi connectivity index (χ0n) is 11.4. The Hall–Kier alpha value is -2.76. The fourth-order valence-corrected chi connectivity index (χ4v) is 2.21. The molecule has 0 aromatic heterocycles. The normalized spacial score (nSPS) is 16.0. The molecule has 0 aliphatic carbocycles. The van der Waals surface area contributed by atoms with Gasteiger partial charge in [0.25, 0.3) is 0 Å². The van der Waals surface area contributed by atoms with Crippen LogP contribution in [-0.2, 0) is 0 Å². The molecule has 1 atom stereocenters. The topological polar surface area (TPSA) is 71.7 Å². The maximum Gasteiger partial charge on any atom is 0.151 e. The molecule has 0 amide bonds. The minimum absolute atomic E-state index is 0.373. The summed E-state index contributed by atoms with van der Waals surface area (Å²) in [6.07, 6.45) is 1.03. The van der Waals surface area contributed by atoms with Gasteiger partial charge in [-0.1, -0.05) is 0 Å². The van der Waals surface area contributed by atoms with Gasteiger partial charge in [0.2, 0.25) is 0 Å². The number of nitrogens with one attached hydrogen (secondary N) is 2. The Bertz CT molecular complexity index is 685. The first-order chi connectivity index (χ1) is 10.2. The Morgan fingerprint density at radius 3 is 2.76 bits per heavy atom. The Morgan fingerprint density at radius 1 is 1.29 bits per heavy atom. The molecular formula is C15H15FN4O. The van der Waals surface area contributed by atoms with E-state index < -0.39 is 6.17 Å². The Morgan fingerprint density at radius 2 is 2.05 bits per heavy atom. The number of nitrogens with two attached hydrogens (primary N) is 1. The van der Waals surface area contributed by atoms with Crippen LogP contribution in [0, 0.1) is 5.82 Å². The molecule has 0 saturated carbocycles. The summed E-state index contributed by atoms with van der Waals surface area (Å²) in [5.41, 5.74) is 8.23. The van der Waals surface area contributed by atoms with Gasteiger partial charge >= 0.3 is 0 Å². The number of benzene rings is 2. The average Bonchev–Trinajstić information content (AvgIpc) is 2.49. The second-order valence-corrected chi connectivity index (χ2v) is 4.66. The summed E-state index contributed by atoms with van der Waals surface area (Å²) in [6.45, 7) is 0. The van der Waals surface area contributed by atoms with Gasteiger partial charge in [-0.05, 0) is 24.3 Å². The number of nitrogen functional groups attached to an aromatic ring is 1. The van der Waals surface area contributed by atoms with Crippen LogP contribution in [-0.4, -0.2) is 13.4 Å². The molecule has 1 heterocycles. The van der Waals surface area contributed by atoms with Crippen LogP contribution in [0.5, 0.6) is 5.75 Å². The molecule has 6 heteroatoms. The summed E-state index contributed by atoms with van der Waals surface area (Å²) in [5.74, 6) is 0.0851. The lowest BCUT2D eigenvalue weighted by Crippen LogP contribution is -2.18. The third kappa shape index (κ3) is 2.60. The molecule has 5 nitrogen and oxygen atoms in total. The van der Waals surface area contributed by atoms with Gasteiger partial charge in [0, 0.05) is 23.5 Å². The van der Waals surface area contributed by atoms with E-state index in [1.54, 1.807) is 18.2 Å². The molecule has 2 aromatic rings. The van der Waals surface area contributed by atoms with Gasteiger partial charge in [-0.25, -0.2) is 9.38 Å². The highest BCUT2D eigenvalue weighted by molar-refractivity contribution is 5.81. The number of hydrogen-bond donors (Lipinski definition) is 3. The summed E-state index contributed by atoms with van der Waals surface area (Å²) < 4.78 is 19.4. The van der Waals surface area contributed by atoms with Crippen molar-refractivity contribution in [2.24, 2.45) is 4.99 Å². The van der Waals surface area contributed by atoms with Crippen LogP contribution in [0.15, 0.2) is 41.4 Å². The predicted molar refractivity (Wildman–Crippen MR) is 82.3 cm³/mol. The van der Waals surface area contributed by atoms with E-state index in [1.807, 2.05) is 12.1 Å². The van der Waals surface area contributed by atoms with Gasteiger partial charge in [0.1, 0.15) is 11.6 Å². The standard InChI is InChI=1S/C15H15FN4O/c1-21-11-6-12(16)14-13(7-11)18-8-19-15(14)20-10-4-2-9(17)3-5-10/h2-8,15,20H,17H2,1H3,(H,18,19). The quantitative estimate of drug-likeness (QED) is 0.759. The Balaban J connectivity index is 1.93. The lowest BCUT2D eigenvalue weighted by Gasteiger charge is -2.24. The summed E-state index contributed by atoms with van der Waals surface area (Å²) >= 11 is 0. The number of hydrogen-bond acceptors (Lipinski definition) is 5. The van der Waals surface area contributed by atoms with Gasteiger partial charge in [0.05, 0.1) is 24.7 Å². The zero-order valence-corrected chi connectivity index (χ0v) is 11.4. The van der Waals surface area contributed by atoms with Crippen molar-refractivity contribution in [1.29, 1.82) is 0 Å².